The average Bonchev–Trinajstić information content (AvgIpc) is 2.69. The van der Waals surface area contributed by atoms with Crippen LogP contribution in [0, 0.1) is 0 Å². The van der Waals surface area contributed by atoms with E-state index in [1.54, 1.807) is 11.8 Å². The minimum absolute atomic E-state index is 0.403. The number of hydrogen-bond donors (Lipinski definition) is 1. The summed E-state index contributed by atoms with van der Waals surface area (Å²) in [5.41, 5.74) is 0.838. The minimum atomic E-state index is -4.40. The molecule has 3 nitrogen and oxygen atoms in total. The Morgan fingerprint density at radius 3 is 2.14 bits per heavy atom. The van der Waals surface area contributed by atoms with Crippen molar-refractivity contribution >= 4 is 17.7 Å². The van der Waals surface area contributed by atoms with Crippen LogP contribution in [0.4, 0.5) is 13.2 Å². The number of benzene rings is 2. The van der Waals surface area contributed by atoms with Gasteiger partial charge >= 0.3 is 12.1 Å². The zero-order valence-electron chi connectivity index (χ0n) is 15.4. The van der Waals surface area contributed by atoms with Crippen LogP contribution in [0.3, 0.4) is 0 Å². The number of halogens is 3. The standard InChI is InChI=1S/C21H22F3NO2S/c1-28-17-11-7-15(8-12-17)19(25-13-3-2-4-18(25)20(26)27)14-5-9-16(10-6-14)21(22,23)24/h5-12,18-19H,2-4,13H2,1H3,(H,26,27). The third-order valence-electron chi connectivity index (χ3n) is 5.15. The van der Waals surface area contributed by atoms with Crippen LogP contribution in [0.5, 0.6) is 0 Å². The van der Waals surface area contributed by atoms with Gasteiger partial charge in [0.1, 0.15) is 6.04 Å². The van der Waals surface area contributed by atoms with Crippen LogP contribution >= 0.6 is 11.8 Å². The van der Waals surface area contributed by atoms with Gasteiger partial charge in [0.2, 0.25) is 0 Å². The lowest BCUT2D eigenvalue weighted by Crippen LogP contribution is -2.46. The molecule has 1 fully saturated rings. The van der Waals surface area contributed by atoms with Gasteiger partial charge in [-0.05, 0) is 61.0 Å². The van der Waals surface area contributed by atoms with Crippen molar-refractivity contribution in [3.63, 3.8) is 0 Å². The van der Waals surface area contributed by atoms with E-state index in [1.807, 2.05) is 35.4 Å². The zero-order chi connectivity index (χ0) is 20.3. The fourth-order valence-corrected chi connectivity index (χ4v) is 4.15. The fraction of sp³-hybridized carbons (Fsp3) is 0.381. The highest BCUT2D eigenvalue weighted by molar-refractivity contribution is 7.98. The summed E-state index contributed by atoms with van der Waals surface area (Å²) >= 11 is 1.60. The van der Waals surface area contributed by atoms with Crippen molar-refractivity contribution in [2.24, 2.45) is 0 Å². The lowest BCUT2D eigenvalue weighted by Gasteiger charge is -2.39. The number of rotatable bonds is 5. The summed E-state index contributed by atoms with van der Waals surface area (Å²) in [7, 11) is 0. The fourth-order valence-electron chi connectivity index (χ4n) is 3.74. The van der Waals surface area contributed by atoms with Crippen LogP contribution in [0.1, 0.15) is 42.0 Å². The lowest BCUT2D eigenvalue weighted by atomic mass is 9.91. The van der Waals surface area contributed by atoms with E-state index in [2.05, 4.69) is 0 Å². The number of piperidine rings is 1. The number of nitrogens with zero attached hydrogens (tertiary/aromatic N) is 1. The Kier molecular flexibility index (Phi) is 6.35. The first-order valence-corrected chi connectivity index (χ1v) is 10.3. The monoisotopic (exact) mass is 409 g/mol. The van der Waals surface area contributed by atoms with Crippen molar-refractivity contribution in [3.05, 3.63) is 65.2 Å². The first-order valence-electron chi connectivity index (χ1n) is 9.11. The van der Waals surface area contributed by atoms with E-state index < -0.39 is 29.8 Å². The van der Waals surface area contributed by atoms with Gasteiger partial charge < -0.3 is 5.11 Å². The van der Waals surface area contributed by atoms with Gasteiger partial charge in [-0.15, -0.1) is 11.8 Å². The summed E-state index contributed by atoms with van der Waals surface area (Å²) < 4.78 is 38.9. The third-order valence-corrected chi connectivity index (χ3v) is 5.89. The number of thioether (sulfide) groups is 1. The molecule has 1 N–H and O–H groups in total. The van der Waals surface area contributed by atoms with Gasteiger partial charge in [-0.1, -0.05) is 30.7 Å². The van der Waals surface area contributed by atoms with Crippen molar-refractivity contribution in [1.82, 2.24) is 4.90 Å². The second-order valence-corrected chi connectivity index (χ2v) is 7.76. The number of carbonyl (C=O) groups is 1. The molecule has 3 rings (SSSR count). The maximum atomic E-state index is 13.0. The maximum absolute atomic E-state index is 13.0. The normalized spacial score (nSPS) is 19.4. The smallest absolute Gasteiger partial charge is 0.416 e. The largest absolute Gasteiger partial charge is 0.480 e. The molecule has 150 valence electrons. The van der Waals surface area contributed by atoms with Crippen LogP contribution in [-0.2, 0) is 11.0 Å². The van der Waals surface area contributed by atoms with E-state index in [-0.39, 0.29) is 0 Å². The molecule has 0 spiro atoms. The highest BCUT2D eigenvalue weighted by Crippen LogP contribution is 2.36. The molecule has 0 amide bonds. The van der Waals surface area contributed by atoms with Crippen molar-refractivity contribution in [2.45, 2.75) is 42.4 Å². The Labute approximate surface area is 166 Å². The van der Waals surface area contributed by atoms with Gasteiger partial charge in [0.25, 0.3) is 0 Å². The molecule has 2 aromatic rings. The van der Waals surface area contributed by atoms with Crippen molar-refractivity contribution in [2.75, 3.05) is 12.8 Å². The average molecular weight is 409 g/mol. The lowest BCUT2D eigenvalue weighted by molar-refractivity contribution is -0.145. The van der Waals surface area contributed by atoms with Crippen LogP contribution in [0.2, 0.25) is 0 Å². The highest BCUT2D eigenvalue weighted by atomic mass is 32.2. The van der Waals surface area contributed by atoms with Crippen molar-refractivity contribution in [1.29, 1.82) is 0 Å². The molecule has 2 unspecified atom stereocenters. The van der Waals surface area contributed by atoms with Crippen molar-refractivity contribution < 1.29 is 23.1 Å². The van der Waals surface area contributed by atoms with Crippen LogP contribution in [-0.4, -0.2) is 34.8 Å². The van der Waals surface area contributed by atoms with Crippen LogP contribution in [0.25, 0.3) is 0 Å². The Morgan fingerprint density at radius 2 is 1.64 bits per heavy atom. The van der Waals surface area contributed by atoms with Gasteiger partial charge in [-0.25, -0.2) is 0 Å². The molecule has 1 saturated heterocycles. The molecule has 1 aliphatic heterocycles. The topological polar surface area (TPSA) is 40.5 Å². The second-order valence-electron chi connectivity index (χ2n) is 6.88. The van der Waals surface area contributed by atoms with E-state index in [4.69, 9.17) is 0 Å². The number of aliphatic carboxylic acids is 1. The minimum Gasteiger partial charge on any atom is -0.480 e. The number of hydrogen-bond acceptors (Lipinski definition) is 3. The Morgan fingerprint density at radius 1 is 1.07 bits per heavy atom. The number of carboxylic acids is 1. The van der Waals surface area contributed by atoms with Gasteiger partial charge in [0.15, 0.2) is 0 Å². The molecule has 7 heteroatoms. The predicted octanol–water partition coefficient (Wildman–Crippen LogP) is 5.46. The molecule has 1 heterocycles. The number of carboxylic acid groups (broad SMARTS) is 1. The maximum Gasteiger partial charge on any atom is 0.416 e. The summed E-state index contributed by atoms with van der Waals surface area (Å²) in [4.78, 5) is 14.8. The molecule has 1 aliphatic rings. The molecule has 0 radical (unpaired) electrons. The summed E-state index contributed by atoms with van der Waals surface area (Å²) in [6, 6.07) is 11.8. The van der Waals surface area contributed by atoms with Crippen LogP contribution in [0.15, 0.2) is 53.4 Å². The van der Waals surface area contributed by atoms with Crippen molar-refractivity contribution in [3.8, 4) is 0 Å². The van der Waals surface area contributed by atoms with E-state index in [9.17, 15) is 23.1 Å². The Hall–Kier alpha value is -1.99. The molecule has 0 aliphatic carbocycles. The van der Waals surface area contributed by atoms with E-state index in [0.29, 0.717) is 18.5 Å². The van der Waals surface area contributed by atoms with Gasteiger partial charge in [0.05, 0.1) is 11.6 Å². The Bertz CT molecular complexity index is 806. The number of likely N-dealkylation sites (tertiary alicyclic amines) is 1. The predicted molar refractivity (Wildman–Crippen MR) is 103 cm³/mol. The molecule has 0 bridgehead atoms. The Balaban J connectivity index is 2.04. The first-order chi connectivity index (χ1) is 13.3. The molecule has 2 aromatic carbocycles. The zero-order valence-corrected chi connectivity index (χ0v) is 16.3. The van der Waals surface area contributed by atoms with Gasteiger partial charge in [0, 0.05) is 4.90 Å². The van der Waals surface area contributed by atoms with Gasteiger partial charge in [-0.2, -0.15) is 13.2 Å². The summed E-state index contributed by atoms with van der Waals surface area (Å²) in [5.74, 6) is -0.891. The molecule has 0 aromatic heterocycles. The van der Waals surface area contributed by atoms with E-state index in [0.717, 1.165) is 35.4 Å². The quantitative estimate of drug-likeness (QED) is 0.666. The summed E-state index contributed by atoms with van der Waals surface area (Å²) in [6.07, 6.45) is -0.200. The first kappa shape index (κ1) is 20.7. The molecule has 28 heavy (non-hydrogen) atoms. The second kappa shape index (κ2) is 8.57. The molecular weight excluding hydrogens is 387 g/mol. The highest BCUT2D eigenvalue weighted by Gasteiger charge is 2.36. The van der Waals surface area contributed by atoms with Crippen LogP contribution < -0.4 is 0 Å². The summed E-state index contributed by atoms with van der Waals surface area (Å²) in [5, 5.41) is 9.69. The third kappa shape index (κ3) is 4.52. The van der Waals surface area contributed by atoms with Gasteiger partial charge in [-0.3, -0.25) is 9.69 Å². The molecular formula is C21H22F3NO2S. The number of alkyl halides is 3. The summed E-state index contributed by atoms with van der Waals surface area (Å²) in [6.45, 7) is 0.590. The van der Waals surface area contributed by atoms with E-state index >= 15 is 0 Å². The SMILES string of the molecule is CSc1ccc(C(c2ccc(C(F)(F)F)cc2)N2CCCCC2C(=O)O)cc1. The molecule has 0 saturated carbocycles. The molecule has 2 atom stereocenters. The van der Waals surface area contributed by atoms with E-state index in [1.165, 1.54) is 12.1 Å².